The molecule has 0 aliphatic heterocycles. The van der Waals surface area contributed by atoms with Crippen LogP contribution >= 0.6 is 15.9 Å². The van der Waals surface area contributed by atoms with E-state index < -0.39 is 11.9 Å². The van der Waals surface area contributed by atoms with Crippen LogP contribution in [0.15, 0.2) is 46.9 Å². The van der Waals surface area contributed by atoms with Gasteiger partial charge in [0.05, 0.1) is 5.92 Å². The van der Waals surface area contributed by atoms with Crippen LogP contribution in [0.25, 0.3) is 0 Å². The summed E-state index contributed by atoms with van der Waals surface area (Å²) in [6, 6.07) is 13.2. The number of hydrogen-bond acceptors (Lipinski definition) is 2. The normalized spacial score (nSPS) is 11.8. The van der Waals surface area contributed by atoms with Gasteiger partial charge in [-0.05, 0) is 43.5 Å². The third kappa shape index (κ3) is 5.20. The van der Waals surface area contributed by atoms with E-state index in [1.807, 2.05) is 50.2 Å². The van der Waals surface area contributed by atoms with Crippen LogP contribution in [0.5, 0.6) is 0 Å². The molecular formula is C19H20BrNO3. The molecule has 5 heteroatoms. The van der Waals surface area contributed by atoms with Gasteiger partial charge in [-0.2, -0.15) is 0 Å². The molecule has 126 valence electrons. The van der Waals surface area contributed by atoms with E-state index in [4.69, 9.17) is 0 Å². The van der Waals surface area contributed by atoms with Gasteiger partial charge in [0.25, 0.3) is 0 Å². The van der Waals surface area contributed by atoms with Crippen molar-refractivity contribution in [2.24, 2.45) is 5.92 Å². The minimum absolute atomic E-state index is 0.0607. The molecule has 0 aliphatic carbocycles. The summed E-state index contributed by atoms with van der Waals surface area (Å²) in [5.74, 6) is -2.01. The Kier molecular flexibility index (Phi) is 6.15. The highest BCUT2D eigenvalue weighted by Crippen LogP contribution is 2.21. The summed E-state index contributed by atoms with van der Waals surface area (Å²) >= 11 is 3.42. The molecule has 0 fully saturated rings. The zero-order chi connectivity index (χ0) is 17.7. The lowest BCUT2D eigenvalue weighted by molar-refractivity contribution is -0.143. The molecule has 0 radical (unpaired) electrons. The zero-order valence-corrected chi connectivity index (χ0v) is 15.3. The molecule has 0 spiro atoms. The van der Waals surface area contributed by atoms with Gasteiger partial charge < -0.3 is 10.4 Å². The predicted octanol–water partition coefficient (Wildman–Crippen LogP) is 4.34. The molecule has 0 unspecified atom stereocenters. The number of benzene rings is 2. The Labute approximate surface area is 150 Å². The molecule has 1 amide bonds. The van der Waals surface area contributed by atoms with E-state index in [1.54, 1.807) is 6.07 Å². The Hall–Kier alpha value is -2.14. The van der Waals surface area contributed by atoms with Crippen molar-refractivity contribution in [2.45, 2.75) is 26.7 Å². The zero-order valence-electron chi connectivity index (χ0n) is 13.7. The number of carbonyl (C=O) groups is 2. The SMILES string of the molecule is Cc1cccc(C[C@@H](CC(=O)Nc2ccc(C)c(Br)c2)C(=O)O)c1. The lowest BCUT2D eigenvalue weighted by atomic mass is 9.95. The Morgan fingerprint density at radius 1 is 1.17 bits per heavy atom. The Bertz CT molecular complexity index is 758. The predicted molar refractivity (Wildman–Crippen MR) is 98.1 cm³/mol. The van der Waals surface area contributed by atoms with Crippen LogP contribution in [0.2, 0.25) is 0 Å². The van der Waals surface area contributed by atoms with Crippen molar-refractivity contribution < 1.29 is 14.7 Å². The van der Waals surface area contributed by atoms with E-state index in [2.05, 4.69) is 21.2 Å². The highest BCUT2D eigenvalue weighted by Gasteiger charge is 2.22. The number of rotatable bonds is 6. The maximum absolute atomic E-state index is 12.2. The van der Waals surface area contributed by atoms with Gasteiger partial charge >= 0.3 is 5.97 Å². The van der Waals surface area contributed by atoms with E-state index >= 15 is 0 Å². The number of halogens is 1. The van der Waals surface area contributed by atoms with Gasteiger partial charge in [-0.25, -0.2) is 0 Å². The Balaban J connectivity index is 2.02. The van der Waals surface area contributed by atoms with Crippen LogP contribution in [0, 0.1) is 19.8 Å². The third-order valence-corrected chi connectivity index (χ3v) is 4.66. The summed E-state index contributed by atoms with van der Waals surface area (Å²) in [6.07, 6.45) is 0.275. The molecule has 2 aromatic rings. The van der Waals surface area contributed by atoms with E-state index in [-0.39, 0.29) is 12.3 Å². The molecule has 0 bridgehead atoms. The number of hydrogen-bond donors (Lipinski definition) is 2. The number of nitrogens with one attached hydrogen (secondary N) is 1. The molecule has 0 saturated carbocycles. The van der Waals surface area contributed by atoms with Crippen molar-refractivity contribution in [3.63, 3.8) is 0 Å². The van der Waals surface area contributed by atoms with Crippen molar-refractivity contribution in [3.05, 3.63) is 63.6 Å². The fourth-order valence-corrected chi connectivity index (χ4v) is 2.86. The quantitative estimate of drug-likeness (QED) is 0.771. The minimum Gasteiger partial charge on any atom is -0.481 e. The molecule has 2 N–H and O–H groups in total. The van der Waals surface area contributed by atoms with E-state index in [9.17, 15) is 14.7 Å². The number of anilines is 1. The first kappa shape index (κ1) is 18.2. The number of carboxylic acid groups (broad SMARTS) is 1. The molecule has 0 aromatic heterocycles. The first-order valence-electron chi connectivity index (χ1n) is 7.69. The average molecular weight is 390 g/mol. The molecular weight excluding hydrogens is 370 g/mol. The maximum atomic E-state index is 12.2. The van der Waals surface area contributed by atoms with Crippen LogP contribution < -0.4 is 5.32 Å². The van der Waals surface area contributed by atoms with Gasteiger partial charge in [-0.1, -0.05) is 51.8 Å². The van der Waals surface area contributed by atoms with E-state index in [1.165, 1.54) is 0 Å². The smallest absolute Gasteiger partial charge is 0.307 e. The first-order valence-corrected chi connectivity index (χ1v) is 8.49. The van der Waals surface area contributed by atoms with Crippen molar-refractivity contribution >= 4 is 33.5 Å². The third-order valence-electron chi connectivity index (χ3n) is 3.80. The van der Waals surface area contributed by atoms with Gasteiger partial charge in [0.2, 0.25) is 5.91 Å². The molecule has 2 aromatic carbocycles. The number of aliphatic carboxylic acids is 1. The van der Waals surface area contributed by atoms with Crippen LogP contribution in [0.3, 0.4) is 0 Å². The summed E-state index contributed by atoms with van der Waals surface area (Å²) in [5, 5.41) is 12.2. The van der Waals surface area contributed by atoms with Crippen molar-refractivity contribution in [1.29, 1.82) is 0 Å². The topological polar surface area (TPSA) is 66.4 Å². The molecule has 2 rings (SSSR count). The van der Waals surface area contributed by atoms with Crippen LogP contribution in [0.4, 0.5) is 5.69 Å². The summed E-state index contributed by atoms with van der Waals surface area (Å²) < 4.78 is 0.898. The number of carbonyl (C=O) groups excluding carboxylic acids is 1. The largest absolute Gasteiger partial charge is 0.481 e. The molecule has 0 aliphatic rings. The van der Waals surface area contributed by atoms with Gasteiger partial charge in [0, 0.05) is 16.6 Å². The average Bonchev–Trinajstić information content (AvgIpc) is 2.50. The number of aryl methyl sites for hydroxylation is 2. The first-order chi connectivity index (χ1) is 11.3. The lowest BCUT2D eigenvalue weighted by Gasteiger charge is -2.13. The summed E-state index contributed by atoms with van der Waals surface area (Å²) in [4.78, 5) is 23.7. The van der Waals surface area contributed by atoms with Crippen LogP contribution in [0.1, 0.15) is 23.1 Å². The highest BCUT2D eigenvalue weighted by molar-refractivity contribution is 9.10. The molecule has 4 nitrogen and oxygen atoms in total. The summed E-state index contributed by atoms with van der Waals surface area (Å²) in [5.41, 5.74) is 3.71. The van der Waals surface area contributed by atoms with Crippen LogP contribution in [-0.2, 0) is 16.0 Å². The van der Waals surface area contributed by atoms with Gasteiger partial charge in [0.15, 0.2) is 0 Å². The Morgan fingerprint density at radius 2 is 1.92 bits per heavy atom. The molecule has 24 heavy (non-hydrogen) atoms. The monoisotopic (exact) mass is 389 g/mol. The molecule has 1 atom stereocenters. The Morgan fingerprint density at radius 3 is 2.54 bits per heavy atom. The second-order valence-electron chi connectivity index (χ2n) is 5.94. The lowest BCUT2D eigenvalue weighted by Crippen LogP contribution is -2.24. The van der Waals surface area contributed by atoms with Crippen molar-refractivity contribution in [1.82, 2.24) is 0 Å². The standard InChI is InChI=1S/C19H20BrNO3/c1-12-4-3-5-14(8-12)9-15(19(23)24)10-18(22)21-16-7-6-13(2)17(20)11-16/h3-8,11,15H,9-10H2,1-2H3,(H,21,22)(H,23,24)/t15-/m0/s1. The van der Waals surface area contributed by atoms with Gasteiger partial charge in [-0.3, -0.25) is 9.59 Å². The van der Waals surface area contributed by atoms with Crippen LogP contribution in [-0.4, -0.2) is 17.0 Å². The highest BCUT2D eigenvalue weighted by atomic mass is 79.9. The second kappa shape index (κ2) is 8.11. The molecule has 0 saturated heterocycles. The summed E-state index contributed by atoms with van der Waals surface area (Å²) in [6.45, 7) is 3.92. The fourth-order valence-electron chi connectivity index (χ4n) is 2.48. The van der Waals surface area contributed by atoms with Gasteiger partial charge in [0.1, 0.15) is 0 Å². The number of amides is 1. The second-order valence-corrected chi connectivity index (χ2v) is 6.80. The van der Waals surface area contributed by atoms with Gasteiger partial charge in [-0.15, -0.1) is 0 Å². The fraction of sp³-hybridized carbons (Fsp3) is 0.263. The van der Waals surface area contributed by atoms with E-state index in [0.29, 0.717) is 12.1 Å². The van der Waals surface area contributed by atoms with Crippen molar-refractivity contribution in [3.8, 4) is 0 Å². The maximum Gasteiger partial charge on any atom is 0.307 e. The summed E-state index contributed by atoms with van der Waals surface area (Å²) in [7, 11) is 0. The molecule has 0 heterocycles. The van der Waals surface area contributed by atoms with E-state index in [0.717, 1.165) is 21.2 Å². The van der Waals surface area contributed by atoms with Crippen molar-refractivity contribution in [2.75, 3.05) is 5.32 Å². The number of carboxylic acids is 1. The minimum atomic E-state index is -0.961.